The Bertz CT molecular complexity index is 1440. The number of carbonyl (C=O) groups is 3. The Balaban J connectivity index is 1.89. The second-order valence-electron chi connectivity index (χ2n) is 9.35. The maximum absolute atomic E-state index is 13.1. The van der Waals surface area contributed by atoms with Gasteiger partial charge in [0.05, 0.1) is 24.6 Å². The summed E-state index contributed by atoms with van der Waals surface area (Å²) >= 11 is 0. The topological polar surface area (TPSA) is 155 Å². The lowest BCUT2D eigenvalue weighted by Crippen LogP contribution is -2.39. The molecular weight excluding hydrogens is 524 g/mol. The zero-order chi connectivity index (χ0) is 28.6. The first kappa shape index (κ1) is 29.7. The van der Waals surface area contributed by atoms with E-state index < -0.39 is 34.4 Å². The molecule has 0 fully saturated rings. The van der Waals surface area contributed by atoms with Crippen LogP contribution in [0.5, 0.6) is 5.75 Å². The van der Waals surface area contributed by atoms with Crippen LogP contribution in [0.3, 0.4) is 0 Å². The predicted octanol–water partition coefficient (Wildman–Crippen LogP) is 1.86. The maximum Gasteiger partial charge on any atom is 0.305 e. The third kappa shape index (κ3) is 8.31. The number of fused-ring (bicyclic) bond motifs is 1. The quantitative estimate of drug-likeness (QED) is 0.252. The molecule has 0 spiro atoms. The Kier molecular flexibility index (Phi) is 10.1. The van der Waals surface area contributed by atoms with E-state index in [1.54, 1.807) is 6.20 Å². The first-order valence-corrected chi connectivity index (χ1v) is 13.7. The van der Waals surface area contributed by atoms with Gasteiger partial charge in [0, 0.05) is 36.2 Å². The van der Waals surface area contributed by atoms with Crippen molar-refractivity contribution in [3.63, 3.8) is 0 Å². The summed E-state index contributed by atoms with van der Waals surface area (Å²) in [5, 5.41) is 12.8. The third-order valence-corrected chi connectivity index (χ3v) is 7.27. The number of amides is 1. The highest BCUT2D eigenvalue weighted by molar-refractivity contribution is 7.89. The van der Waals surface area contributed by atoms with Crippen molar-refractivity contribution < 1.29 is 32.6 Å². The van der Waals surface area contributed by atoms with Crippen molar-refractivity contribution in [2.45, 2.75) is 36.7 Å². The number of sulfonamides is 1. The molecule has 3 N–H and O–H groups in total. The largest absolute Gasteiger partial charge is 0.492 e. The van der Waals surface area contributed by atoms with Gasteiger partial charge in [-0.2, -0.15) is 0 Å². The van der Waals surface area contributed by atoms with Crippen LogP contribution in [-0.4, -0.2) is 80.9 Å². The zero-order valence-corrected chi connectivity index (χ0v) is 22.8. The van der Waals surface area contributed by atoms with Crippen molar-refractivity contribution in [1.82, 2.24) is 19.9 Å². The van der Waals surface area contributed by atoms with Gasteiger partial charge in [-0.3, -0.25) is 14.6 Å². The Labute approximate surface area is 227 Å². The molecule has 2 aromatic carbocycles. The highest BCUT2D eigenvalue weighted by Gasteiger charge is 2.26. The lowest BCUT2D eigenvalue weighted by atomic mass is 10.1. The number of aromatic nitrogens is 1. The molecule has 2 atom stereocenters. The minimum atomic E-state index is -4.38. The fourth-order valence-electron chi connectivity index (χ4n) is 4.11. The van der Waals surface area contributed by atoms with Crippen molar-refractivity contribution in [1.29, 1.82) is 0 Å². The van der Waals surface area contributed by atoms with Gasteiger partial charge >= 0.3 is 5.97 Å². The molecule has 39 heavy (non-hydrogen) atoms. The molecule has 0 saturated heterocycles. The first-order valence-electron chi connectivity index (χ1n) is 12.2. The van der Waals surface area contributed by atoms with E-state index in [-0.39, 0.29) is 35.1 Å². The summed E-state index contributed by atoms with van der Waals surface area (Å²) in [4.78, 5) is 41.1. The SMILES string of the molecule is CC(CN(C)C)NC(=O)c1ccc(S(=O)(=O)N[C@H](C=O)CC(=O)O)c(OCCc2cccc3ncccc23)c1. The van der Waals surface area contributed by atoms with Crippen LogP contribution in [0.25, 0.3) is 10.9 Å². The monoisotopic (exact) mass is 556 g/mol. The molecule has 3 rings (SSSR count). The van der Waals surface area contributed by atoms with Crippen LogP contribution < -0.4 is 14.8 Å². The normalized spacial score (nSPS) is 13.1. The molecule has 1 aromatic heterocycles. The number of aliphatic carboxylic acids is 1. The summed E-state index contributed by atoms with van der Waals surface area (Å²) in [6, 6.07) is 11.6. The molecule has 1 heterocycles. The van der Waals surface area contributed by atoms with E-state index in [0.29, 0.717) is 13.0 Å². The summed E-state index contributed by atoms with van der Waals surface area (Å²) < 4.78 is 34.3. The molecule has 0 radical (unpaired) electrons. The van der Waals surface area contributed by atoms with Crippen LogP contribution in [0.1, 0.15) is 29.3 Å². The molecule has 12 heteroatoms. The van der Waals surface area contributed by atoms with Crippen LogP contribution in [0.4, 0.5) is 0 Å². The maximum atomic E-state index is 13.1. The van der Waals surface area contributed by atoms with E-state index in [4.69, 9.17) is 9.84 Å². The summed E-state index contributed by atoms with van der Waals surface area (Å²) in [5.41, 5.74) is 1.93. The smallest absolute Gasteiger partial charge is 0.305 e. The van der Waals surface area contributed by atoms with Crippen LogP contribution >= 0.6 is 0 Å². The Morgan fingerprint density at radius 3 is 2.62 bits per heavy atom. The molecule has 0 bridgehead atoms. The number of carboxylic acids is 1. The van der Waals surface area contributed by atoms with Gasteiger partial charge in [-0.15, -0.1) is 0 Å². The number of hydrogen-bond donors (Lipinski definition) is 3. The molecule has 208 valence electrons. The van der Waals surface area contributed by atoms with Crippen molar-refractivity contribution in [3.8, 4) is 5.75 Å². The number of pyridine rings is 1. The lowest BCUT2D eigenvalue weighted by Gasteiger charge is -2.19. The zero-order valence-electron chi connectivity index (χ0n) is 22.0. The number of rotatable bonds is 14. The fraction of sp³-hybridized carbons (Fsp3) is 0.333. The molecule has 0 aliphatic rings. The molecule has 0 aliphatic carbocycles. The summed E-state index contributed by atoms with van der Waals surface area (Å²) in [6.45, 7) is 2.52. The van der Waals surface area contributed by atoms with E-state index in [1.165, 1.54) is 18.2 Å². The summed E-state index contributed by atoms with van der Waals surface area (Å²) in [7, 11) is -0.619. The van der Waals surface area contributed by atoms with Crippen molar-refractivity contribution in [2.24, 2.45) is 0 Å². The highest BCUT2D eigenvalue weighted by atomic mass is 32.2. The second-order valence-corrected chi connectivity index (χ2v) is 11.0. The van der Waals surface area contributed by atoms with Crippen molar-refractivity contribution in [3.05, 3.63) is 65.9 Å². The predicted molar refractivity (Wildman–Crippen MR) is 145 cm³/mol. The van der Waals surface area contributed by atoms with Crippen molar-refractivity contribution >= 4 is 39.1 Å². The summed E-state index contributed by atoms with van der Waals surface area (Å²) in [6.07, 6.45) is 1.61. The summed E-state index contributed by atoms with van der Waals surface area (Å²) in [5.74, 6) is -1.86. The van der Waals surface area contributed by atoms with Gasteiger partial charge in [0.2, 0.25) is 10.0 Å². The van der Waals surface area contributed by atoms with Gasteiger partial charge in [0.25, 0.3) is 5.91 Å². The molecule has 0 aliphatic heterocycles. The first-order chi connectivity index (χ1) is 18.5. The number of hydrogen-bond acceptors (Lipinski definition) is 8. The number of benzene rings is 2. The standard InChI is InChI=1S/C27H32N4O7S/c1-18(16-31(2)3)29-27(35)20-9-10-25(39(36,37)30-21(17-32)15-26(33)34)24(14-20)38-13-11-19-6-4-8-23-22(19)7-5-12-28-23/h4-10,12,14,17-18,21,30H,11,13,15-16H2,1-3H3,(H,29,35)(H,33,34)/t18?,21-/m0/s1. The Hall–Kier alpha value is -3.87. The highest BCUT2D eigenvalue weighted by Crippen LogP contribution is 2.27. The van der Waals surface area contributed by atoms with E-state index >= 15 is 0 Å². The molecule has 1 unspecified atom stereocenters. The van der Waals surface area contributed by atoms with Gasteiger partial charge in [0.1, 0.15) is 16.9 Å². The van der Waals surface area contributed by atoms with Crippen LogP contribution in [0.2, 0.25) is 0 Å². The molecule has 3 aromatic rings. The third-order valence-electron chi connectivity index (χ3n) is 5.74. The van der Waals surface area contributed by atoms with Gasteiger partial charge in [-0.05, 0) is 56.9 Å². The number of likely N-dealkylation sites (N-methyl/N-ethyl adjacent to an activating group) is 1. The average molecular weight is 557 g/mol. The Morgan fingerprint density at radius 1 is 1.15 bits per heavy atom. The lowest BCUT2D eigenvalue weighted by molar-refractivity contribution is -0.138. The number of nitrogens with one attached hydrogen (secondary N) is 2. The van der Waals surface area contributed by atoms with E-state index in [0.717, 1.165) is 16.5 Å². The van der Waals surface area contributed by atoms with Gasteiger partial charge in [-0.1, -0.05) is 18.2 Å². The number of carboxylic acid groups (broad SMARTS) is 1. The van der Waals surface area contributed by atoms with Crippen LogP contribution in [0, 0.1) is 0 Å². The fourth-order valence-corrected chi connectivity index (χ4v) is 5.40. The number of nitrogens with zero attached hydrogens (tertiary/aromatic N) is 2. The average Bonchev–Trinajstić information content (AvgIpc) is 2.87. The van der Waals surface area contributed by atoms with Crippen molar-refractivity contribution in [2.75, 3.05) is 27.2 Å². The number of aldehydes is 1. The van der Waals surface area contributed by atoms with Gasteiger partial charge < -0.3 is 24.9 Å². The molecule has 0 saturated carbocycles. The number of ether oxygens (including phenoxy) is 1. The van der Waals surface area contributed by atoms with E-state index in [9.17, 15) is 22.8 Å². The molecular formula is C27H32N4O7S. The van der Waals surface area contributed by atoms with Gasteiger partial charge in [-0.25, -0.2) is 13.1 Å². The minimum Gasteiger partial charge on any atom is -0.492 e. The Morgan fingerprint density at radius 2 is 1.92 bits per heavy atom. The van der Waals surface area contributed by atoms with Crippen LogP contribution in [-0.2, 0) is 26.0 Å². The van der Waals surface area contributed by atoms with E-state index in [2.05, 4.69) is 15.0 Å². The van der Waals surface area contributed by atoms with Gasteiger partial charge in [0.15, 0.2) is 0 Å². The molecule has 11 nitrogen and oxygen atoms in total. The number of carbonyl (C=O) groups excluding carboxylic acids is 2. The van der Waals surface area contributed by atoms with Crippen LogP contribution in [0.15, 0.2) is 59.6 Å². The second kappa shape index (κ2) is 13.3. The minimum absolute atomic E-state index is 0.0743. The van der Waals surface area contributed by atoms with E-state index in [1.807, 2.05) is 56.3 Å². The molecule has 1 amide bonds.